The van der Waals surface area contributed by atoms with Crippen molar-refractivity contribution in [3.05, 3.63) is 0 Å². The number of hydrogen-bond donors (Lipinski definition) is 0. The van der Waals surface area contributed by atoms with Crippen molar-refractivity contribution in [1.82, 2.24) is 0 Å². The van der Waals surface area contributed by atoms with E-state index in [0.29, 0.717) is 0 Å². The molecular formula is C29H63P. The fourth-order valence-electron chi connectivity index (χ4n) is 5.34. The van der Waals surface area contributed by atoms with E-state index >= 15 is 0 Å². The second-order valence-electron chi connectivity index (χ2n) is 10.5. The van der Waals surface area contributed by atoms with Crippen LogP contribution in [0.1, 0.15) is 163 Å². The topological polar surface area (TPSA) is 0 Å². The van der Waals surface area contributed by atoms with Crippen molar-refractivity contribution in [3.8, 4) is 0 Å². The third kappa shape index (κ3) is 19.1. The van der Waals surface area contributed by atoms with Crippen molar-refractivity contribution in [2.75, 3.05) is 24.6 Å². The Balaban J connectivity index is 4.69. The monoisotopic (exact) mass is 442 g/mol. The van der Waals surface area contributed by atoms with Crippen molar-refractivity contribution in [3.63, 3.8) is 0 Å². The van der Waals surface area contributed by atoms with Gasteiger partial charge in [0.05, 0.1) is 0 Å². The first kappa shape index (κ1) is 30.4. The molecule has 0 rings (SSSR count). The van der Waals surface area contributed by atoms with Crippen molar-refractivity contribution < 1.29 is 0 Å². The van der Waals surface area contributed by atoms with E-state index in [1.807, 2.05) is 0 Å². The molecule has 0 N–H and O–H groups in total. The number of hydrogen-bond acceptors (Lipinski definition) is 0. The second kappa shape index (κ2) is 24.1. The molecule has 0 saturated carbocycles. The molecule has 0 aliphatic heterocycles. The van der Waals surface area contributed by atoms with Crippen molar-refractivity contribution in [2.24, 2.45) is 0 Å². The van der Waals surface area contributed by atoms with Gasteiger partial charge in [0.25, 0.3) is 0 Å². The summed E-state index contributed by atoms with van der Waals surface area (Å²) in [6.07, 6.45) is 37.8. The van der Waals surface area contributed by atoms with Crippen LogP contribution in [0.4, 0.5) is 0 Å². The van der Waals surface area contributed by atoms with Crippen LogP contribution in [-0.4, -0.2) is 24.6 Å². The van der Waals surface area contributed by atoms with E-state index in [4.69, 9.17) is 0 Å². The molecule has 0 heterocycles. The van der Waals surface area contributed by atoms with Gasteiger partial charge in [-0.3, -0.25) is 0 Å². The molecule has 0 aliphatic rings. The maximum absolute atomic E-state index is 2.35. The van der Waals surface area contributed by atoms with Gasteiger partial charge in [-0.15, -0.1) is 0 Å². The Labute approximate surface area is 194 Å². The Hall–Kier alpha value is 0.430. The van der Waals surface area contributed by atoms with Gasteiger partial charge in [0.15, 0.2) is 0 Å². The van der Waals surface area contributed by atoms with Gasteiger partial charge in [0.2, 0.25) is 0 Å². The van der Waals surface area contributed by atoms with Crippen molar-refractivity contribution in [2.45, 2.75) is 163 Å². The van der Waals surface area contributed by atoms with E-state index in [1.54, 1.807) is 50.3 Å². The molecule has 0 nitrogen and oxygen atoms in total. The predicted molar refractivity (Wildman–Crippen MR) is 147 cm³/mol. The first-order valence-electron chi connectivity index (χ1n) is 14.7. The molecule has 0 bridgehead atoms. The van der Waals surface area contributed by atoms with Crippen LogP contribution >= 0.6 is 7.26 Å². The molecule has 1 heteroatoms. The molecule has 0 fully saturated rings. The van der Waals surface area contributed by atoms with E-state index in [0.717, 1.165) is 0 Å². The third-order valence-electron chi connectivity index (χ3n) is 7.49. The molecule has 0 saturated heterocycles. The molecule has 184 valence electrons. The summed E-state index contributed by atoms with van der Waals surface area (Å²) < 4.78 is 0. The van der Waals surface area contributed by atoms with Gasteiger partial charge in [-0.1, -0.05) is 0 Å². The van der Waals surface area contributed by atoms with E-state index in [2.05, 4.69) is 27.7 Å². The second-order valence-corrected chi connectivity index (χ2v) is 15.5. The number of rotatable bonds is 25. The third-order valence-corrected chi connectivity index (χ3v) is 13.1. The Bertz CT molecular complexity index is 275. The minimum atomic E-state index is -1.04. The van der Waals surface area contributed by atoms with Crippen LogP contribution in [-0.2, 0) is 0 Å². The molecule has 0 spiro atoms. The summed E-state index contributed by atoms with van der Waals surface area (Å²) in [6, 6.07) is 0. The van der Waals surface area contributed by atoms with Gasteiger partial charge in [-0.2, -0.15) is 0 Å². The van der Waals surface area contributed by atoms with E-state index in [1.165, 1.54) is 109 Å². The molecule has 30 heavy (non-hydrogen) atoms. The summed E-state index contributed by atoms with van der Waals surface area (Å²) in [5.41, 5.74) is 0. The summed E-state index contributed by atoms with van der Waals surface area (Å²) in [7, 11) is -1.04. The molecule has 0 aromatic carbocycles. The first-order chi connectivity index (χ1) is 14.7. The van der Waals surface area contributed by atoms with Crippen LogP contribution in [0, 0.1) is 0 Å². The minimum absolute atomic E-state index is 1.04. The first-order valence-corrected chi connectivity index (χ1v) is 17.6. The SMILES string of the molecule is CCCCCCCC[PH](CCCCCCC)(CCCCCCC)CCCCCCC. The van der Waals surface area contributed by atoms with Gasteiger partial charge in [0.1, 0.15) is 0 Å². The van der Waals surface area contributed by atoms with Crippen molar-refractivity contribution >= 4 is 7.26 Å². The summed E-state index contributed by atoms with van der Waals surface area (Å²) in [5, 5.41) is 0. The van der Waals surface area contributed by atoms with Gasteiger partial charge >= 0.3 is 194 Å². The summed E-state index contributed by atoms with van der Waals surface area (Å²) >= 11 is 0. The average Bonchev–Trinajstić information content (AvgIpc) is 2.75. The number of unbranched alkanes of at least 4 members (excludes halogenated alkanes) is 17. The molecular weight excluding hydrogens is 379 g/mol. The molecule has 0 unspecified atom stereocenters. The normalized spacial score (nSPS) is 12.5. The van der Waals surface area contributed by atoms with E-state index < -0.39 is 7.26 Å². The van der Waals surface area contributed by atoms with Gasteiger partial charge in [-0.05, 0) is 0 Å². The zero-order valence-electron chi connectivity index (χ0n) is 22.2. The van der Waals surface area contributed by atoms with Crippen LogP contribution in [0.5, 0.6) is 0 Å². The van der Waals surface area contributed by atoms with Gasteiger partial charge in [0, 0.05) is 0 Å². The van der Waals surface area contributed by atoms with Crippen LogP contribution in [0.25, 0.3) is 0 Å². The molecule has 0 amide bonds. The Morgan fingerprint density at radius 2 is 0.467 bits per heavy atom. The molecule has 0 aliphatic carbocycles. The molecule has 0 aromatic rings. The zero-order chi connectivity index (χ0) is 22.2. The standard InChI is InChI=1S/C29H63P/c1-5-9-13-17-21-25-29-30(26-22-18-14-10-6-2,27-23-19-15-11-7-3)28-24-20-16-12-8-4/h30H,5-29H2,1-4H3. The zero-order valence-corrected chi connectivity index (χ0v) is 23.2. The predicted octanol–water partition coefficient (Wildman–Crippen LogP) is 11.0. The van der Waals surface area contributed by atoms with Crippen LogP contribution in [0.15, 0.2) is 0 Å². The fourth-order valence-corrected chi connectivity index (χ4v) is 10.8. The Kier molecular flexibility index (Phi) is 24.4. The molecule has 0 aromatic heterocycles. The van der Waals surface area contributed by atoms with Crippen LogP contribution < -0.4 is 0 Å². The van der Waals surface area contributed by atoms with Crippen molar-refractivity contribution in [1.29, 1.82) is 0 Å². The Morgan fingerprint density at radius 3 is 0.700 bits per heavy atom. The van der Waals surface area contributed by atoms with Gasteiger partial charge in [-0.25, -0.2) is 0 Å². The van der Waals surface area contributed by atoms with E-state index in [-0.39, 0.29) is 0 Å². The molecule has 0 atom stereocenters. The fraction of sp³-hybridized carbons (Fsp3) is 1.00. The Morgan fingerprint density at radius 1 is 0.267 bits per heavy atom. The summed E-state index contributed by atoms with van der Waals surface area (Å²) in [6.45, 7) is 9.39. The maximum atomic E-state index is 2.35. The van der Waals surface area contributed by atoms with Crippen LogP contribution in [0.3, 0.4) is 0 Å². The summed E-state index contributed by atoms with van der Waals surface area (Å²) in [5.74, 6) is 0. The summed E-state index contributed by atoms with van der Waals surface area (Å²) in [4.78, 5) is 0. The molecule has 0 radical (unpaired) electrons. The van der Waals surface area contributed by atoms with Gasteiger partial charge < -0.3 is 0 Å². The van der Waals surface area contributed by atoms with E-state index in [9.17, 15) is 0 Å². The quantitative estimate of drug-likeness (QED) is 0.0973. The average molecular weight is 443 g/mol. The van der Waals surface area contributed by atoms with Crippen LogP contribution in [0.2, 0.25) is 0 Å².